The Bertz CT molecular complexity index is 1190. The molecule has 9 nitrogen and oxygen atoms in total. The summed E-state index contributed by atoms with van der Waals surface area (Å²) in [4.78, 5) is 28.0. The minimum absolute atomic E-state index is 0.0437. The van der Waals surface area contributed by atoms with Gasteiger partial charge in [-0.3, -0.25) is 13.9 Å². The van der Waals surface area contributed by atoms with Crippen LogP contribution in [0.4, 0.5) is 5.69 Å². The molecule has 36 heavy (non-hydrogen) atoms. The van der Waals surface area contributed by atoms with Gasteiger partial charge in [-0.15, -0.1) is 0 Å². The van der Waals surface area contributed by atoms with Crippen LogP contribution in [0.3, 0.4) is 0 Å². The third-order valence-corrected chi connectivity index (χ3v) is 8.33. The van der Waals surface area contributed by atoms with Crippen LogP contribution in [0.5, 0.6) is 11.5 Å². The number of fused-ring (bicyclic) bond motifs is 1. The molecule has 0 fully saturated rings. The normalized spacial score (nSPS) is 14.1. The third kappa shape index (κ3) is 6.70. The van der Waals surface area contributed by atoms with Gasteiger partial charge in [-0.1, -0.05) is 35.0 Å². The van der Waals surface area contributed by atoms with Gasteiger partial charge in [0.05, 0.1) is 11.4 Å². The van der Waals surface area contributed by atoms with Gasteiger partial charge in [0.1, 0.15) is 12.6 Å². The number of rotatable bonds is 11. The molecule has 1 heterocycles. The summed E-state index contributed by atoms with van der Waals surface area (Å²) in [6.07, 6.45) is 0.742. The topological polar surface area (TPSA) is 105 Å². The van der Waals surface area contributed by atoms with Crippen LogP contribution < -0.4 is 19.1 Å². The fraction of sp³-hybridized carbons (Fsp3) is 0.440. The van der Waals surface area contributed by atoms with Crippen LogP contribution in [-0.4, -0.2) is 56.3 Å². The molecule has 1 N–H and O–H groups in total. The van der Waals surface area contributed by atoms with Gasteiger partial charge < -0.3 is 19.7 Å². The molecule has 0 spiro atoms. The molecule has 11 heteroatoms. The zero-order chi connectivity index (χ0) is 26.5. The number of hydrogen-bond acceptors (Lipinski definition) is 6. The minimum atomic E-state index is -3.82. The van der Waals surface area contributed by atoms with E-state index in [1.54, 1.807) is 25.1 Å². The fourth-order valence-electron chi connectivity index (χ4n) is 3.59. The number of amides is 2. The molecule has 0 saturated carbocycles. The van der Waals surface area contributed by atoms with Crippen LogP contribution in [0.25, 0.3) is 0 Å². The molecule has 2 aromatic rings. The molecule has 0 aliphatic carbocycles. The van der Waals surface area contributed by atoms with Crippen molar-refractivity contribution in [3.05, 3.63) is 52.5 Å². The third-order valence-electron chi connectivity index (χ3n) is 6.06. The average molecular weight is 583 g/mol. The van der Waals surface area contributed by atoms with Gasteiger partial charge >= 0.3 is 0 Å². The number of ether oxygens (including phenoxy) is 2. The van der Waals surface area contributed by atoms with Crippen LogP contribution in [0, 0.1) is 0 Å². The SMILES string of the molecule is CC[C@@H](C)NC(=O)[C@H](C)N(Cc1ccc(Br)cc1)C(=O)CN(c1ccc2c(c1)OCO2)S(=O)(=O)CC. The van der Waals surface area contributed by atoms with E-state index in [-0.39, 0.29) is 36.7 Å². The number of carbonyl (C=O) groups is 2. The number of carbonyl (C=O) groups excluding carboxylic acids is 2. The lowest BCUT2D eigenvalue weighted by Gasteiger charge is -2.32. The number of hydrogen-bond donors (Lipinski definition) is 1. The van der Waals surface area contributed by atoms with Crippen molar-refractivity contribution in [1.29, 1.82) is 0 Å². The van der Waals surface area contributed by atoms with Crippen molar-refractivity contribution in [3.8, 4) is 11.5 Å². The number of nitrogens with one attached hydrogen (secondary N) is 1. The summed E-state index contributed by atoms with van der Waals surface area (Å²) in [5.74, 6) is -0.0940. The highest BCUT2D eigenvalue weighted by Gasteiger charge is 2.32. The molecular weight excluding hydrogens is 550 g/mol. The van der Waals surface area contributed by atoms with Crippen molar-refractivity contribution in [1.82, 2.24) is 10.2 Å². The fourth-order valence-corrected chi connectivity index (χ4v) is 4.91. The quantitative estimate of drug-likeness (QED) is 0.434. The molecule has 0 radical (unpaired) electrons. The summed E-state index contributed by atoms with van der Waals surface area (Å²) in [5, 5.41) is 2.91. The van der Waals surface area contributed by atoms with Crippen LogP contribution in [0.1, 0.15) is 39.7 Å². The smallest absolute Gasteiger partial charge is 0.244 e. The molecule has 196 valence electrons. The Kier molecular flexibility index (Phi) is 9.24. The first kappa shape index (κ1) is 27.8. The van der Waals surface area contributed by atoms with E-state index < -0.39 is 28.5 Å². The van der Waals surface area contributed by atoms with Crippen LogP contribution >= 0.6 is 15.9 Å². The molecule has 0 saturated heterocycles. The lowest BCUT2D eigenvalue weighted by molar-refractivity contribution is -0.139. The predicted octanol–water partition coefficient (Wildman–Crippen LogP) is 3.67. The van der Waals surface area contributed by atoms with Gasteiger partial charge in [-0.25, -0.2) is 8.42 Å². The molecule has 1 aliphatic heterocycles. The van der Waals surface area contributed by atoms with Gasteiger partial charge in [0.15, 0.2) is 11.5 Å². The lowest BCUT2D eigenvalue weighted by atomic mass is 10.1. The zero-order valence-corrected chi connectivity index (χ0v) is 23.3. The van der Waals surface area contributed by atoms with Crippen LogP contribution in [0.15, 0.2) is 46.9 Å². The minimum Gasteiger partial charge on any atom is -0.454 e. The first-order valence-electron chi connectivity index (χ1n) is 11.8. The molecule has 2 atom stereocenters. The van der Waals surface area contributed by atoms with E-state index in [2.05, 4.69) is 21.2 Å². The molecule has 0 bridgehead atoms. The van der Waals surface area contributed by atoms with Crippen molar-refractivity contribution in [3.63, 3.8) is 0 Å². The van der Waals surface area contributed by atoms with E-state index >= 15 is 0 Å². The highest BCUT2D eigenvalue weighted by Crippen LogP contribution is 2.36. The number of nitrogens with zero attached hydrogens (tertiary/aromatic N) is 2. The van der Waals surface area contributed by atoms with E-state index in [0.717, 1.165) is 20.8 Å². The largest absolute Gasteiger partial charge is 0.454 e. The second-order valence-electron chi connectivity index (χ2n) is 8.59. The molecular formula is C25H32BrN3O6S. The summed E-state index contributed by atoms with van der Waals surface area (Å²) in [6.45, 7) is 6.73. The zero-order valence-electron chi connectivity index (χ0n) is 20.9. The predicted molar refractivity (Wildman–Crippen MR) is 141 cm³/mol. The lowest BCUT2D eigenvalue weighted by Crippen LogP contribution is -2.52. The van der Waals surface area contributed by atoms with Gasteiger partial charge in [0, 0.05) is 23.1 Å². The maximum atomic E-state index is 13.7. The Labute approximate surface area is 220 Å². The summed E-state index contributed by atoms with van der Waals surface area (Å²) in [7, 11) is -3.82. The monoisotopic (exact) mass is 581 g/mol. The summed E-state index contributed by atoms with van der Waals surface area (Å²) < 4.78 is 38.7. The van der Waals surface area contributed by atoms with Crippen molar-refractivity contribution in [2.45, 2.75) is 52.7 Å². The molecule has 2 aromatic carbocycles. The Morgan fingerprint density at radius 3 is 2.36 bits per heavy atom. The number of benzene rings is 2. The van der Waals surface area contributed by atoms with Crippen molar-refractivity contribution >= 4 is 43.5 Å². The average Bonchev–Trinajstić information content (AvgIpc) is 3.34. The molecule has 2 amide bonds. The highest BCUT2D eigenvalue weighted by atomic mass is 79.9. The first-order valence-corrected chi connectivity index (χ1v) is 14.2. The Morgan fingerprint density at radius 2 is 1.72 bits per heavy atom. The van der Waals surface area contributed by atoms with E-state index in [4.69, 9.17) is 9.47 Å². The summed E-state index contributed by atoms with van der Waals surface area (Å²) >= 11 is 3.40. The maximum Gasteiger partial charge on any atom is 0.244 e. The van der Waals surface area contributed by atoms with Crippen LogP contribution in [-0.2, 0) is 26.2 Å². The number of anilines is 1. The summed E-state index contributed by atoms with van der Waals surface area (Å²) in [6, 6.07) is 11.2. The Balaban J connectivity index is 1.93. The van der Waals surface area contributed by atoms with E-state index in [1.165, 1.54) is 11.8 Å². The first-order chi connectivity index (χ1) is 17.1. The summed E-state index contributed by atoms with van der Waals surface area (Å²) in [5.41, 5.74) is 1.09. The number of halogens is 1. The second kappa shape index (κ2) is 12.0. The van der Waals surface area contributed by atoms with E-state index in [0.29, 0.717) is 11.5 Å². The van der Waals surface area contributed by atoms with Crippen molar-refractivity contribution < 1.29 is 27.5 Å². The van der Waals surface area contributed by atoms with Gasteiger partial charge in [0.25, 0.3) is 0 Å². The maximum absolute atomic E-state index is 13.7. The van der Waals surface area contributed by atoms with Crippen LogP contribution in [0.2, 0.25) is 0 Å². The van der Waals surface area contributed by atoms with E-state index in [9.17, 15) is 18.0 Å². The molecule has 3 rings (SSSR count). The van der Waals surface area contributed by atoms with Gasteiger partial charge in [-0.2, -0.15) is 0 Å². The Hall–Kier alpha value is -2.79. The van der Waals surface area contributed by atoms with Gasteiger partial charge in [0.2, 0.25) is 28.6 Å². The molecule has 0 unspecified atom stereocenters. The molecule has 0 aromatic heterocycles. The van der Waals surface area contributed by atoms with E-state index in [1.807, 2.05) is 38.1 Å². The van der Waals surface area contributed by atoms with Crippen molar-refractivity contribution in [2.75, 3.05) is 23.4 Å². The second-order valence-corrected chi connectivity index (χ2v) is 11.7. The standard InChI is InChI=1S/C25H32BrN3O6S/c1-5-17(3)27-25(31)18(4)28(14-19-7-9-20(26)10-8-19)24(30)15-29(36(32,33)6-2)21-11-12-22-23(13-21)35-16-34-22/h7-13,17-18H,5-6,14-16H2,1-4H3,(H,27,31)/t17-,18+/m1/s1. The van der Waals surface area contributed by atoms with Gasteiger partial charge in [-0.05, 0) is 57.0 Å². The molecule has 1 aliphatic rings. The van der Waals surface area contributed by atoms with Crippen molar-refractivity contribution in [2.24, 2.45) is 0 Å². The highest BCUT2D eigenvalue weighted by molar-refractivity contribution is 9.10. The Morgan fingerprint density at radius 1 is 1.06 bits per heavy atom. The number of sulfonamides is 1.